The Balaban J connectivity index is 7.12. The molecule has 2 amide bonds. The van der Waals surface area contributed by atoms with Crippen LogP contribution >= 0.6 is 0 Å². The van der Waals surface area contributed by atoms with Crippen LogP contribution in [0.25, 0.3) is 0 Å². The van der Waals surface area contributed by atoms with Crippen molar-refractivity contribution in [3.8, 4) is 0 Å². The molecule has 6 atom stereocenters. The van der Waals surface area contributed by atoms with Crippen LogP contribution in [-0.4, -0.2) is 71.7 Å². The fourth-order valence-corrected chi connectivity index (χ4v) is 4.06. The molecule has 0 fully saturated rings. The first-order chi connectivity index (χ1) is 14.8. The summed E-state index contributed by atoms with van der Waals surface area (Å²) >= 11 is 0. The molecular formula is C20H32N2O10. The van der Waals surface area contributed by atoms with Gasteiger partial charge in [0.2, 0.25) is 11.8 Å². The van der Waals surface area contributed by atoms with Crippen molar-refractivity contribution in [1.82, 2.24) is 10.6 Å². The summed E-state index contributed by atoms with van der Waals surface area (Å²) in [6.45, 7) is 5.74. The van der Waals surface area contributed by atoms with Gasteiger partial charge in [-0.1, -0.05) is 27.7 Å². The van der Waals surface area contributed by atoms with Crippen molar-refractivity contribution in [2.24, 2.45) is 41.4 Å². The maximum Gasteiger partial charge on any atom is 0.311 e. The van der Waals surface area contributed by atoms with E-state index in [1.807, 2.05) is 0 Å². The quantitative estimate of drug-likeness (QED) is 0.214. The van der Waals surface area contributed by atoms with E-state index >= 15 is 0 Å². The van der Waals surface area contributed by atoms with Gasteiger partial charge in [-0.3, -0.25) is 28.8 Å². The Bertz CT molecular complexity index is 721. The van der Waals surface area contributed by atoms with Gasteiger partial charge in [0.15, 0.2) is 0 Å². The Labute approximate surface area is 185 Å². The molecular weight excluding hydrogens is 428 g/mol. The zero-order chi connectivity index (χ0) is 25.3. The lowest BCUT2D eigenvalue weighted by atomic mass is 9.67. The number of rotatable bonds is 14. The number of carboxylic acids is 3. The molecule has 0 aliphatic heterocycles. The summed E-state index contributed by atoms with van der Waals surface area (Å²) < 4.78 is 4.96. The van der Waals surface area contributed by atoms with Gasteiger partial charge >= 0.3 is 17.9 Å². The van der Waals surface area contributed by atoms with Gasteiger partial charge in [-0.2, -0.15) is 0 Å². The standard InChI is InChI=1S/C20H32N2O10/c1-8(2)10(18(26)27)12(16(24)21-5)14(20(30)31)15(32-7-23)13(17(25)22-6)11(9(3)4)19(28)29/h7-15H,1-6H3,(H,21,24)(H,22,25)(H,26,27)(H,28,29)(H,30,31). The third kappa shape index (κ3) is 6.66. The van der Waals surface area contributed by atoms with Crippen molar-refractivity contribution in [2.75, 3.05) is 14.1 Å². The Morgan fingerprint density at radius 1 is 0.656 bits per heavy atom. The number of nitrogens with one attached hydrogen (secondary N) is 2. The molecule has 0 heterocycles. The Morgan fingerprint density at radius 3 is 1.28 bits per heavy atom. The molecule has 182 valence electrons. The van der Waals surface area contributed by atoms with Gasteiger partial charge in [0.25, 0.3) is 6.47 Å². The number of ether oxygens (including phenoxy) is 1. The van der Waals surface area contributed by atoms with Crippen LogP contribution < -0.4 is 10.6 Å². The number of hydrogen-bond acceptors (Lipinski definition) is 7. The van der Waals surface area contributed by atoms with Gasteiger partial charge in [-0.05, 0) is 11.8 Å². The van der Waals surface area contributed by atoms with Crippen LogP contribution in [0.1, 0.15) is 27.7 Å². The van der Waals surface area contributed by atoms with Crippen LogP contribution in [0, 0.1) is 41.4 Å². The van der Waals surface area contributed by atoms with Crippen molar-refractivity contribution in [3.63, 3.8) is 0 Å². The summed E-state index contributed by atoms with van der Waals surface area (Å²) in [5, 5.41) is 33.9. The second kappa shape index (κ2) is 12.6. The lowest BCUT2D eigenvalue weighted by Crippen LogP contribution is -2.56. The lowest BCUT2D eigenvalue weighted by molar-refractivity contribution is -0.174. The number of aliphatic carboxylic acids is 3. The van der Waals surface area contributed by atoms with Crippen molar-refractivity contribution in [1.29, 1.82) is 0 Å². The van der Waals surface area contributed by atoms with E-state index in [4.69, 9.17) is 4.74 Å². The minimum absolute atomic E-state index is 0.151. The van der Waals surface area contributed by atoms with Crippen LogP contribution in [0.3, 0.4) is 0 Å². The van der Waals surface area contributed by atoms with Crippen LogP contribution in [0.15, 0.2) is 0 Å². The van der Waals surface area contributed by atoms with Gasteiger partial charge in [0.05, 0.1) is 23.7 Å². The van der Waals surface area contributed by atoms with E-state index in [0.717, 1.165) is 0 Å². The van der Waals surface area contributed by atoms with Crippen LogP contribution in [-0.2, 0) is 33.5 Å². The van der Waals surface area contributed by atoms with Crippen LogP contribution in [0.4, 0.5) is 0 Å². The number of carboxylic acid groups (broad SMARTS) is 3. The molecule has 12 heteroatoms. The van der Waals surface area contributed by atoms with E-state index in [9.17, 15) is 44.1 Å². The van der Waals surface area contributed by atoms with Crippen molar-refractivity contribution in [3.05, 3.63) is 0 Å². The van der Waals surface area contributed by atoms with E-state index in [0.29, 0.717) is 0 Å². The molecule has 5 N–H and O–H groups in total. The normalized spacial score (nSPS) is 16.8. The third-order valence-electron chi connectivity index (χ3n) is 5.47. The summed E-state index contributed by atoms with van der Waals surface area (Å²) in [6, 6.07) is 0. The third-order valence-corrected chi connectivity index (χ3v) is 5.47. The zero-order valence-corrected chi connectivity index (χ0v) is 18.9. The molecule has 32 heavy (non-hydrogen) atoms. The van der Waals surface area contributed by atoms with Crippen molar-refractivity contribution >= 4 is 36.2 Å². The maximum atomic E-state index is 12.7. The number of amides is 2. The summed E-state index contributed by atoms with van der Waals surface area (Å²) in [7, 11) is 2.36. The molecule has 0 rings (SSSR count). The molecule has 0 spiro atoms. The monoisotopic (exact) mass is 460 g/mol. The van der Waals surface area contributed by atoms with E-state index in [1.165, 1.54) is 41.8 Å². The highest BCUT2D eigenvalue weighted by Gasteiger charge is 2.54. The second-order valence-corrected chi connectivity index (χ2v) is 8.06. The first-order valence-electron chi connectivity index (χ1n) is 9.98. The van der Waals surface area contributed by atoms with Gasteiger partial charge in [0, 0.05) is 14.1 Å². The van der Waals surface area contributed by atoms with Gasteiger partial charge < -0.3 is 30.7 Å². The molecule has 0 aliphatic carbocycles. The molecule has 0 saturated carbocycles. The fraction of sp³-hybridized carbons (Fsp3) is 0.700. The van der Waals surface area contributed by atoms with Crippen molar-refractivity contribution in [2.45, 2.75) is 33.8 Å². The van der Waals surface area contributed by atoms with E-state index < -0.39 is 77.3 Å². The Hall–Kier alpha value is -3.18. The zero-order valence-electron chi connectivity index (χ0n) is 18.9. The first-order valence-corrected chi connectivity index (χ1v) is 9.98. The predicted octanol–water partition coefficient (Wildman–Crippen LogP) is -0.333. The average molecular weight is 460 g/mol. The molecule has 0 aromatic carbocycles. The molecule has 0 radical (unpaired) electrons. The second-order valence-electron chi connectivity index (χ2n) is 8.06. The highest BCUT2D eigenvalue weighted by molar-refractivity contribution is 5.91. The Morgan fingerprint density at radius 2 is 1.00 bits per heavy atom. The summed E-state index contributed by atoms with van der Waals surface area (Å²) in [5.41, 5.74) is 0. The average Bonchev–Trinajstić information content (AvgIpc) is 2.68. The summed E-state index contributed by atoms with van der Waals surface area (Å²) in [5.74, 6) is -16.6. The maximum absolute atomic E-state index is 12.7. The van der Waals surface area contributed by atoms with Crippen LogP contribution in [0.2, 0.25) is 0 Å². The van der Waals surface area contributed by atoms with Gasteiger partial charge in [-0.15, -0.1) is 0 Å². The van der Waals surface area contributed by atoms with Crippen molar-refractivity contribution < 1.29 is 48.8 Å². The smallest absolute Gasteiger partial charge is 0.311 e. The fourth-order valence-electron chi connectivity index (χ4n) is 4.06. The Kier molecular flexibility index (Phi) is 11.4. The SMILES string of the molecule is CNC(=O)C(C(OC=O)C(C(=O)O)C(C(=O)NC)C(C(=O)O)C(C)C)C(C(=O)O)C(C)C. The van der Waals surface area contributed by atoms with Gasteiger partial charge in [0.1, 0.15) is 12.0 Å². The van der Waals surface area contributed by atoms with E-state index in [1.54, 1.807) is 0 Å². The highest BCUT2D eigenvalue weighted by atomic mass is 16.5. The molecule has 0 saturated heterocycles. The summed E-state index contributed by atoms with van der Waals surface area (Å²) in [4.78, 5) is 73.0. The largest absolute Gasteiger partial charge is 0.481 e. The predicted molar refractivity (Wildman–Crippen MR) is 109 cm³/mol. The molecule has 12 nitrogen and oxygen atoms in total. The number of hydrogen-bond donors (Lipinski definition) is 5. The molecule has 0 aliphatic rings. The minimum Gasteiger partial charge on any atom is -0.481 e. The van der Waals surface area contributed by atoms with E-state index in [-0.39, 0.29) is 6.47 Å². The molecule has 0 bridgehead atoms. The number of carbonyl (C=O) groups excluding carboxylic acids is 3. The topological polar surface area (TPSA) is 196 Å². The summed E-state index contributed by atoms with van der Waals surface area (Å²) in [6.07, 6.45) is -1.95. The molecule has 0 aromatic heterocycles. The molecule has 0 aromatic rings. The number of carbonyl (C=O) groups is 6. The first kappa shape index (κ1) is 28.8. The highest BCUT2D eigenvalue weighted by Crippen LogP contribution is 2.38. The minimum atomic E-state index is -2.04. The van der Waals surface area contributed by atoms with Gasteiger partial charge in [-0.25, -0.2) is 0 Å². The molecule has 6 unspecified atom stereocenters. The lowest BCUT2D eigenvalue weighted by Gasteiger charge is -2.38. The van der Waals surface area contributed by atoms with Crippen LogP contribution in [0.5, 0.6) is 0 Å². The van der Waals surface area contributed by atoms with E-state index in [2.05, 4.69) is 10.6 Å².